The largest absolute Gasteiger partial charge is 0.416 e. The molecule has 0 bridgehead atoms. The van der Waals surface area contributed by atoms with Crippen molar-refractivity contribution >= 4 is 32.9 Å². The number of halogens is 4. The van der Waals surface area contributed by atoms with Crippen molar-refractivity contribution in [3.05, 3.63) is 34.6 Å². The Labute approximate surface area is 124 Å². The predicted octanol–water partition coefficient (Wildman–Crippen LogP) is 3.38. The summed E-state index contributed by atoms with van der Waals surface area (Å²) >= 11 is 3.22. The number of nitrogens with zero attached hydrogens (tertiary/aromatic N) is 3. The molecular formula is C12H7BrF3N5. The van der Waals surface area contributed by atoms with Crippen molar-refractivity contribution in [3.63, 3.8) is 0 Å². The van der Waals surface area contributed by atoms with Crippen LogP contribution in [0.1, 0.15) is 5.56 Å². The number of alkyl halides is 3. The van der Waals surface area contributed by atoms with E-state index < -0.39 is 11.7 Å². The summed E-state index contributed by atoms with van der Waals surface area (Å²) in [5.41, 5.74) is 5.85. The molecule has 2 aromatic heterocycles. The second-order valence-corrected chi connectivity index (χ2v) is 5.09. The minimum atomic E-state index is -4.43. The van der Waals surface area contributed by atoms with Gasteiger partial charge in [-0.2, -0.15) is 13.2 Å². The first-order chi connectivity index (χ1) is 9.86. The lowest BCUT2D eigenvalue weighted by Gasteiger charge is -2.09. The monoisotopic (exact) mass is 357 g/mol. The molecule has 0 saturated heterocycles. The van der Waals surface area contributed by atoms with Gasteiger partial charge in [-0.1, -0.05) is 15.9 Å². The van der Waals surface area contributed by atoms with Crippen molar-refractivity contribution < 1.29 is 13.2 Å². The molecule has 3 N–H and O–H groups in total. The lowest BCUT2D eigenvalue weighted by atomic mass is 10.1. The molecule has 21 heavy (non-hydrogen) atoms. The first kappa shape index (κ1) is 13.8. The number of aromatic nitrogens is 4. The molecule has 3 aromatic rings. The molecule has 1 aromatic carbocycles. The molecule has 0 radical (unpaired) electrons. The molecule has 0 amide bonds. The predicted molar refractivity (Wildman–Crippen MR) is 74.2 cm³/mol. The maximum absolute atomic E-state index is 12.8. The zero-order valence-corrected chi connectivity index (χ0v) is 11.8. The maximum Gasteiger partial charge on any atom is 0.416 e. The number of H-pyrrole nitrogens is 1. The summed E-state index contributed by atoms with van der Waals surface area (Å²) in [6.07, 6.45) is -3.19. The van der Waals surface area contributed by atoms with Gasteiger partial charge in [0.05, 0.1) is 5.56 Å². The molecule has 0 spiro atoms. The van der Waals surface area contributed by atoms with Gasteiger partial charge in [0.1, 0.15) is 17.7 Å². The second-order valence-electron chi connectivity index (χ2n) is 4.24. The van der Waals surface area contributed by atoms with Crippen molar-refractivity contribution in [2.24, 2.45) is 0 Å². The van der Waals surface area contributed by atoms with Crippen molar-refractivity contribution in [2.45, 2.75) is 6.18 Å². The zero-order valence-electron chi connectivity index (χ0n) is 10.2. The Bertz CT molecular complexity index is 827. The second kappa shape index (κ2) is 4.69. The van der Waals surface area contributed by atoms with E-state index in [9.17, 15) is 13.2 Å². The SMILES string of the molecule is Nc1ncnc2nc(-c3cc(C(F)(F)F)ccc3Br)[nH]c12. The Morgan fingerprint density at radius 1 is 1.19 bits per heavy atom. The van der Waals surface area contributed by atoms with Gasteiger partial charge in [0.25, 0.3) is 0 Å². The molecule has 3 rings (SSSR count). The molecule has 5 nitrogen and oxygen atoms in total. The number of nitrogen functional groups attached to an aromatic ring is 1. The van der Waals surface area contributed by atoms with Crippen LogP contribution in [-0.2, 0) is 6.18 Å². The van der Waals surface area contributed by atoms with E-state index >= 15 is 0 Å². The van der Waals surface area contributed by atoms with Crippen molar-refractivity contribution in [3.8, 4) is 11.4 Å². The van der Waals surface area contributed by atoms with Gasteiger partial charge in [-0.15, -0.1) is 0 Å². The summed E-state index contributed by atoms with van der Waals surface area (Å²) in [5, 5.41) is 0. The average molecular weight is 358 g/mol. The van der Waals surface area contributed by atoms with Crippen LogP contribution in [0.2, 0.25) is 0 Å². The number of rotatable bonds is 1. The molecule has 0 aliphatic heterocycles. The van der Waals surface area contributed by atoms with Crippen molar-refractivity contribution in [1.82, 2.24) is 19.9 Å². The standard InChI is InChI=1S/C12H7BrF3N5/c13-7-2-1-5(12(14,15)16)3-6(7)10-20-8-9(17)18-4-19-11(8)21-10/h1-4H,(H3,17,18,19,20,21). The van der Waals surface area contributed by atoms with Crippen LogP contribution < -0.4 is 5.73 Å². The summed E-state index contributed by atoms with van der Waals surface area (Å²) < 4.78 is 38.9. The fraction of sp³-hybridized carbons (Fsp3) is 0.0833. The van der Waals surface area contributed by atoms with Gasteiger partial charge in [-0.05, 0) is 18.2 Å². The van der Waals surface area contributed by atoms with E-state index in [-0.39, 0.29) is 17.2 Å². The van der Waals surface area contributed by atoms with Crippen LogP contribution in [-0.4, -0.2) is 19.9 Å². The van der Waals surface area contributed by atoms with Crippen LogP contribution in [0.3, 0.4) is 0 Å². The van der Waals surface area contributed by atoms with Crippen LogP contribution in [0.15, 0.2) is 29.0 Å². The molecule has 9 heteroatoms. The van der Waals surface area contributed by atoms with Gasteiger partial charge in [0, 0.05) is 10.0 Å². The average Bonchev–Trinajstić information content (AvgIpc) is 2.83. The number of hydrogen-bond donors (Lipinski definition) is 2. The number of fused-ring (bicyclic) bond motifs is 1. The van der Waals surface area contributed by atoms with Crippen LogP contribution in [0.25, 0.3) is 22.6 Å². The Morgan fingerprint density at radius 2 is 1.95 bits per heavy atom. The quantitative estimate of drug-likeness (QED) is 0.699. The molecule has 108 valence electrons. The number of aromatic amines is 1. The normalized spacial score (nSPS) is 12.0. The highest BCUT2D eigenvalue weighted by atomic mass is 79.9. The third-order valence-corrected chi connectivity index (χ3v) is 3.56. The fourth-order valence-corrected chi connectivity index (χ4v) is 2.29. The first-order valence-corrected chi connectivity index (χ1v) is 6.49. The Hall–Kier alpha value is -2.16. The van der Waals surface area contributed by atoms with E-state index in [1.54, 1.807) is 0 Å². The van der Waals surface area contributed by atoms with Gasteiger partial charge in [0.15, 0.2) is 11.5 Å². The van der Waals surface area contributed by atoms with E-state index in [4.69, 9.17) is 5.73 Å². The summed E-state index contributed by atoms with van der Waals surface area (Å²) in [6.45, 7) is 0. The topological polar surface area (TPSA) is 80.5 Å². The highest BCUT2D eigenvalue weighted by Crippen LogP contribution is 2.35. The van der Waals surface area contributed by atoms with Crippen molar-refractivity contribution in [1.29, 1.82) is 0 Å². The number of imidazole rings is 1. The van der Waals surface area contributed by atoms with Crippen molar-refractivity contribution in [2.75, 3.05) is 5.73 Å². The number of anilines is 1. The molecule has 0 aliphatic rings. The van der Waals surface area contributed by atoms with E-state index in [2.05, 4.69) is 35.9 Å². The summed E-state index contributed by atoms with van der Waals surface area (Å²) in [4.78, 5) is 14.7. The fourth-order valence-electron chi connectivity index (χ4n) is 1.86. The third-order valence-electron chi connectivity index (χ3n) is 2.87. The number of hydrogen-bond acceptors (Lipinski definition) is 4. The van der Waals surface area contributed by atoms with E-state index in [1.807, 2.05) is 0 Å². The smallest absolute Gasteiger partial charge is 0.382 e. The molecule has 0 fully saturated rings. The Balaban J connectivity index is 2.20. The lowest BCUT2D eigenvalue weighted by Crippen LogP contribution is -2.05. The van der Waals surface area contributed by atoms with Gasteiger partial charge in [0.2, 0.25) is 0 Å². The number of benzene rings is 1. The summed E-state index contributed by atoms with van der Waals surface area (Å²) in [7, 11) is 0. The van der Waals surface area contributed by atoms with Gasteiger partial charge in [-0.3, -0.25) is 0 Å². The molecular weight excluding hydrogens is 351 g/mol. The maximum atomic E-state index is 12.8. The molecule has 2 heterocycles. The van der Waals surface area contributed by atoms with Crippen LogP contribution >= 0.6 is 15.9 Å². The number of nitrogens with one attached hydrogen (secondary N) is 1. The van der Waals surface area contributed by atoms with Crippen LogP contribution in [0.5, 0.6) is 0 Å². The summed E-state index contributed by atoms with van der Waals surface area (Å²) in [6, 6.07) is 3.32. The molecule has 0 atom stereocenters. The highest BCUT2D eigenvalue weighted by molar-refractivity contribution is 9.10. The van der Waals surface area contributed by atoms with E-state index in [0.29, 0.717) is 15.6 Å². The number of nitrogens with two attached hydrogens (primary N) is 1. The molecule has 0 saturated carbocycles. The minimum Gasteiger partial charge on any atom is -0.382 e. The third kappa shape index (κ3) is 2.44. The Kier molecular flexibility index (Phi) is 3.08. The molecule has 0 aliphatic carbocycles. The Morgan fingerprint density at radius 3 is 2.62 bits per heavy atom. The van der Waals surface area contributed by atoms with Crippen LogP contribution in [0.4, 0.5) is 19.0 Å². The van der Waals surface area contributed by atoms with Gasteiger partial charge >= 0.3 is 6.18 Å². The van der Waals surface area contributed by atoms with Gasteiger partial charge in [-0.25, -0.2) is 15.0 Å². The first-order valence-electron chi connectivity index (χ1n) is 5.69. The minimum absolute atomic E-state index is 0.182. The van der Waals surface area contributed by atoms with Gasteiger partial charge < -0.3 is 10.7 Å². The zero-order chi connectivity index (χ0) is 15.2. The molecule has 0 unspecified atom stereocenters. The lowest BCUT2D eigenvalue weighted by molar-refractivity contribution is -0.137. The highest BCUT2D eigenvalue weighted by Gasteiger charge is 2.31. The summed E-state index contributed by atoms with van der Waals surface area (Å²) in [5.74, 6) is 0.414. The van der Waals surface area contributed by atoms with Crippen LogP contribution in [0, 0.1) is 0 Å². The van der Waals surface area contributed by atoms with E-state index in [1.165, 1.54) is 12.4 Å². The van der Waals surface area contributed by atoms with E-state index in [0.717, 1.165) is 12.1 Å².